The Morgan fingerprint density at radius 2 is 1.95 bits per heavy atom. The molecule has 0 spiro atoms. The van der Waals surface area contributed by atoms with Crippen molar-refractivity contribution in [1.29, 1.82) is 0 Å². The Hall–Kier alpha value is -1.65. The highest BCUT2D eigenvalue weighted by Crippen LogP contribution is 2.12. The normalized spacial score (nSPS) is 16.0. The molecule has 1 rings (SSSR count). The number of aldehydes is 1. The van der Waals surface area contributed by atoms with Crippen LogP contribution in [-0.2, 0) is 14.4 Å². The van der Waals surface area contributed by atoms with Crippen LogP contribution in [0.25, 0.3) is 0 Å². The molecule has 1 aliphatic rings. The minimum absolute atomic E-state index is 0.225. The highest BCUT2D eigenvalue weighted by molar-refractivity contribution is 5.90. The Labute approximate surface area is 126 Å². The van der Waals surface area contributed by atoms with E-state index in [9.17, 15) is 14.4 Å². The van der Waals surface area contributed by atoms with Crippen molar-refractivity contribution < 1.29 is 14.4 Å². The van der Waals surface area contributed by atoms with Gasteiger partial charge in [0.25, 0.3) is 0 Å². The van der Waals surface area contributed by atoms with Crippen molar-refractivity contribution in [1.82, 2.24) is 10.2 Å². The molecule has 0 aromatic rings. The summed E-state index contributed by atoms with van der Waals surface area (Å²) in [6.45, 7) is 2.41. The summed E-state index contributed by atoms with van der Waals surface area (Å²) in [5.41, 5.74) is 0. The Kier molecular flexibility index (Phi) is 9.16. The maximum absolute atomic E-state index is 11.8. The minimum Gasteiger partial charge on any atom is -0.353 e. The van der Waals surface area contributed by atoms with Crippen LogP contribution in [0.4, 0.5) is 0 Å². The van der Waals surface area contributed by atoms with E-state index in [4.69, 9.17) is 0 Å². The molecule has 0 aromatic heterocycles. The lowest BCUT2D eigenvalue weighted by Gasteiger charge is -2.20. The molecule has 2 amide bonds. The summed E-state index contributed by atoms with van der Waals surface area (Å²) in [4.78, 5) is 35.0. The van der Waals surface area contributed by atoms with Gasteiger partial charge >= 0.3 is 0 Å². The maximum atomic E-state index is 11.8. The number of allylic oxidation sites excluding steroid dienone is 1. The molecule has 5 heteroatoms. The smallest absolute Gasteiger partial charge is 0.244 e. The van der Waals surface area contributed by atoms with Gasteiger partial charge in [-0.15, -0.1) is 0 Å². The Bertz CT molecular complexity index is 367. The van der Waals surface area contributed by atoms with Gasteiger partial charge in [0.1, 0.15) is 6.29 Å². The maximum Gasteiger partial charge on any atom is 0.244 e. The topological polar surface area (TPSA) is 66.5 Å². The average molecular weight is 294 g/mol. The molecule has 1 aliphatic heterocycles. The number of carbonyl (C=O) groups excluding carboxylic acids is 3. The molecule has 0 aliphatic carbocycles. The van der Waals surface area contributed by atoms with Crippen LogP contribution < -0.4 is 5.32 Å². The number of carbonyl (C=O) groups is 3. The first-order valence-electron chi connectivity index (χ1n) is 7.91. The first-order chi connectivity index (χ1) is 10.2. The molecule has 1 heterocycles. The fourth-order valence-electron chi connectivity index (χ4n) is 2.45. The zero-order valence-electron chi connectivity index (χ0n) is 12.7. The molecule has 21 heavy (non-hydrogen) atoms. The predicted molar refractivity (Wildman–Crippen MR) is 81.7 cm³/mol. The molecule has 1 saturated heterocycles. The molecule has 0 unspecified atom stereocenters. The largest absolute Gasteiger partial charge is 0.353 e. The fraction of sp³-hybridized carbons (Fsp3) is 0.688. The third kappa shape index (κ3) is 8.27. The lowest BCUT2D eigenvalue weighted by atomic mass is 10.2. The van der Waals surface area contributed by atoms with Crippen LogP contribution in [0.3, 0.4) is 0 Å². The quantitative estimate of drug-likeness (QED) is 0.401. The first kappa shape index (κ1) is 17.4. The van der Waals surface area contributed by atoms with E-state index in [0.29, 0.717) is 25.2 Å². The third-order valence-corrected chi connectivity index (χ3v) is 3.65. The molecule has 118 valence electrons. The number of hydrogen-bond acceptors (Lipinski definition) is 3. The van der Waals surface area contributed by atoms with Crippen LogP contribution in [-0.4, -0.2) is 42.6 Å². The molecule has 0 saturated carbocycles. The predicted octanol–water partition coefficient (Wildman–Crippen LogP) is 1.82. The Morgan fingerprint density at radius 1 is 1.14 bits per heavy atom. The molecule has 0 bridgehead atoms. The van der Waals surface area contributed by atoms with Crippen LogP contribution in [0.5, 0.6) is 0 Å². The molecule has 1 fully saturated rings. The minimum atomic E-state index is -0.225. The summed E-state index contributed by atoms with van der Waals surface area (Å²) in [5.74, 6) is 0.0824. The van der Waals surface area contributed by atoms with Crippen molar-refractivity contribution in [2.45, 2.75) is 51.4 Å². The standard InChI is InChI=1S/C16H26N2O3/c19-14-8-9-15(20)17-11-5-1-2-6-12-18-13-7-3-4-10-16(18)21/h8-9,14H,1-7,10-13H2,(H,17,20)/b9-8-. The van der Waals surface area contributed by atoms with E-state index in [1.165, 1.54) is 18.6 Å². The monoisotopic (exact) mass is 294 g/mol. The Balaban J connectivity index is 1.99. The molecule has 5 nitrogen and oxygen atoms in total. The van der Waals surface area contributed by atoms with Gasteiger partial charge in [-0.1, -0.05) is 19.3 Å². The van der Waals surface area contributed by atoms with Gasteiger partial charge in [-0.2, -0.15) is 0 Å². The summed E-state index contributed by atoms with van der Waals surface area (Å²) in [6, 6.07) is 0. The van der Waals surface area contributed by atoms with Crippen molar-refractivity contribution in [3.63, 3.8) is 0 Å². The lowest BCUT2D eigenvalue weighted by Crippen LogP contribution is -2.31. The van der Waals surface area contributed by atoms with Gasteiger partial charge in [0.15, 0.2) is 0 Å². The van der Waals surface area contributed by atoms with E-state index in [-0.39, 0.29) is 5.91 Å². The summed E-state index contributed by atoms with van der Waals surface area (Å²) in [7, 11) is 0. The van der Waals surface area contributed by atoms with E-state index in [1.807, 2.05) is 4.90 Å². The van der Waals surface area contributed by atoms with Gasteiger partial charge in [-0.05, 0) is 31.8 Å². The summed E-state index contributed by atoms with van der Waals surface area (Å²) >= 11 is 0. The number of nitrogens with zero attached hydrogens (tertiary/aromatic N) is 1. The zero-order chi connectivity index (χ0) is 15.3. The van der Waals surface area contributed by atoms with Crippen LogP contribution in [0, 0.1) is 0 Å². The van der Waals surface area contributed by atoms with Crippen molar-refractivity contribution in [2.75, 3.05) is 19.6 Å². The fourth-order valence-corrected chi connectivity index (χ4v) is 2.45. The molecule has 0 radical (unpaired) electrons. The number of amides is 2. The second kappa shape index (κ2) is 11.1. The highest BCUT2D eigenvalue weighted by atomic mass is 16.2. The number of rotatable bonds is 9. The molecular formula is C16H26N2O3. The van der Waals surface area contributed by atoms with Crippen molar-refractivity contribution >= 4 is 18.1 Å². The third-order valence-electron chi connectivity index (χ3n) is 3.65. The zero-order valence-corrected chi connectivity index (χ0v) is 12.7. The van der Waals surface area contributed by atoms with Crippen LogP contribution >= 0.6 is 0 Å². The Morgan fingerprint density at radius 3 is 2.76 bits per heavy atom. The van der Waals surface area contributed by atoms with E-state index < -0.39 is 0 Å². The first-order valence-corrected chi connectivity index (χ1v) is 7.91. The van der Waals surface area contributed by atoms with Crippen molar-refractivity contribution in [2.24, 2.45) is 0 Å². The van der Waals surface area contributed by atoms with Crippen LogP contribution in [0.15, 0.2) is 12.2 Å². The molecule has 0 atom stereocenters. The van der Waals surface area contributed by atoms with E-state index >= 15 is 0 Å². The van der Waals surface area contributed by atoms with Crippen molar-refractivity contribution in [3.8, 4) is 0 Å². The van der Waals surface area contributed by atoms with Gasteiger partial charge in [0.2, 0.25) is 11.8 Å². The van der Waals surface area contributed by atoms with Gasteiger partial charge < -0.3 is 10.2 Å². The second-order valence-electron chi connectivity index (χ2n) is 5.39. The van der Waals surface area contributed by atoms with Crippen molar-refractivity contribution in [3.05, 3.63) is 12.2 Å². The van der Waals surface area contributed by atoms with E-state index in [2.05, 4.69) is 5.32 Å². The molecule has 1 N–H and O–H groups in total. The molecule has 0 aromatic carbocycles. The van der Waals surface area contributed by atoms with Gasteiger partial charge in [0, 0.05) is 32.1 Å². The van der Waals surface area contributed by atoms with Crippen LogP contribution in [0.2, 0.25) is 0 Å². The highest BCUT2D eigenvalue weighted by Gasteiger charge is 2.15. The van der Waals surface area contributed by atoms with E-state index in [0.717, 1.165) is 51.6 Å². The van der Waals surface area contributed by atoms with Gasteiger partial charge in [-0.3, -0.25) is 14.4 Å². The SMILES string of the molecule is O=C/C=C\C(=O)NCCCCCCN1CCCCCC1=O. The summed E-state index contributed by atoms with van der Waals surface area (Å²) < 4.78 is 0. The van der Waals surface area contributed by atoms with Gasteiger partial charge in [0.05, 0.1) is 0 Å². The molecular weight excluding hydrogens is 268 g/mol. The summed E-state index contributed by atoms with van der Waals surface area (Å²) in [5, 5.41) is 2.72. The lowest BCUT2D eigenvalue weighted by molar-refractivity contribution is -0.130. The number of nitrogens with one attached hydrogen (secondary N) is 1. The second-order valence-corrected chi connectivity index (χ2v) is 5.39. The van der Waals surface area contributed by atoms with Gasteiger partial charge in [-0.25, -0.2) is 0 Å². The van der Waals surface area contributed by atoms with Crippen LogP contribution in [0.1, 0.15) is 51.4 Å². The number of hydrogen-bond donors (Lipinski definition) is 1. The van der Waals surface area contributed by atoms with E-state index in [1.54, 1.807) is 0 Å². The summed E-state index contributed by atoms with van der Waals surface area (Å²) in [6.07, 6.45) is 11.1. The number of likely N-dealkylation sites (tertiary alicyclic amines) is 1. The average Bonchev–Trinajstić information content (AvgIpc) is 2.69. The number of unbranched alkanes of at least 4 members (excludes halogenated alkanes) is 3.